The van der Waals surface area contributed by atoms with Crippen LogP contribution < -0.4 is 0 Å². The number of nitroso groups, excluding NO2 is 1. The number of rotatable bonds is 2. The van der Waals surface area contributed by atoms with Crippen LogP contribution in [0, 0.1) is 4.91 Å². The molecule has 69 valence electrons. The zero-order chi connectivity index (χ0) is 9.97. The molecule has 0 aromatic carbocycles. The molecule has 4 nitrogen and oxygen atoms in total. The molecular weight excluding hydrogens is 342 g/mol. The Bertz CT molecular complexity index is 459. The summed E-state index contributed by atoms with van der Waals surface area (Å²) in [4.78, 5) is 32.1. The second-order valence-corrected chi connectivity index (χ2v) is 17.1. The number of allylic oxidation sites excluding steroid dienone is 4. The molecular formula is C8H8NO3W. The molecule has 0 radical (unpaired) electrons. The van der Waals surface area contributed by atoms with Gasteiger partial charge in [0.1, 0.15) is 0 Å². The first-order chi connectivity index (χ1) is 6.09. The molecule has 5 heteroatoms. The van der Waals surface area contributed by atoms with E-state index in [1.165, 1.54) is 5.31 Å². The first-order valence-electron chi connectivity index (χ1n) is 3.49. The van der Waals surface area contributed by atoms with E-state index in [2.05, 4.69) is 3.74 Å². The summed E-state index contributed by atoms with van der Waals surface area (Å²) in [6.45, 7) is 0. The summed E-state index contributed by atoms with van der Waals surface area (Å²) in [5.74, 6) is 0. The van der Waals surface area contributed by atoms with Crippen molar-refractivity contribution in [2.45, 2.75) is 9.62 Å². The second-order valence-electron chi connectivity index (χ2n) is 2.93. The molecule has 13 heavy (non-hydrogen) atoms. The van der Waals surface area contributed by atoms with Crippen molar-refractivity contribution in [3.05, 3.63) is 29.2 Å². The Morgan fingerprint density at radius 2 is 1.69 bits per heavy atom. The van der Waals surface area contributed by atoms with Gasteiger partial charge in [-0.1, -0.05) is 0 Å². The van der Waals surface area contributed by atoms with Gasteiger partial charge in [-0.25, -0.2) is 0 Å². The molecule has 1 aliphatic carbocycles. The van der Waals surface area contributed by atoms with E-state index >= 15 is 0 Å². The Balaban J connectivity index is 3.68. The molecule has 1 aliphatic rings. The zero-order valence-corrected chi connectivity index (χ0v) is 9.90. The molecule has 0 saturated carbocycles. The van der Waals surface area contributed by atoms with Crippen LogP contribution >= 0.6 is 0 Å². The third-order valence-corrected chi connectivity index (χ3v) is 12.3. The van der Waals surface area contributed by atoms with Crippen LogP contribution in [0.4, 0.5) is 0 Å². The maximum absolute atomic E-state index is 10.7. The average molecular weight is 350 g/mol. The fourth-order valence-electron chi connectivity index (χ4n) is 1.00. The Morgan fingerprint density at radius 3 is 2.00 bits per heavy atom. The molecule has 1 rings (SSSR count). The van der Waals surface area contributed by atoms with Crippen LogP contribution in [0.5, 0.6) is 0 Å². The Labute approximate surface area is 75.1 Å². The first-order valence-corrected chi connectivity index (χ1v) is 12.4. The molecule has 0 aromatic rings. The van der Waals surface area contributed by atoms with E-state index < -0.39 is 18.4 Å². The van der Waals surface area contributed by atoms with Crippen molar-refractivity contribution in [1.29, 1.82) is 0 Å². The Kier molecular flexibility index (Phi) is 2.32. The van der Waals surface area contributed by atoms with Crippen molar-refractivity contribution in [3.8, 4) is 0 Å². The normalized spacial score (nSPS) is 18.7. The third-order valence-electron chi connectivity index (χ3n) is 1.99. The zero-order valence-electron chi connectivity index (χ0n) is 6.97. The summed E-state index contributed by atoms with van der Waals surface area (Å²) in [5, 5.41) is 1.33. The third kappa shape index (κ3) is 1.30. The van der Waals surface area contributed by atoms with Gasteiger partial charge in [0, 0.05) is 0 Å². The fraction of sp³-hybridized carbons (Fsp3) is 0.250. The van der Waals surface area contributed by atoms with Crippen molar-refractivity contribution < 1.29 is 23.7 Å². The van der Waals surface area contributed by atoms with Crippen LogP contribution in [0.1, 0.15) is 0 Å². The van der Waals surface area contributed by atoms with E-state index in [9.17, 15) is 14.5 Å². The van der Waals surface area contributed by atoms with Gasteiger partial charge in [-0.3, -0.25) is 0 Å². The summed E-state index contributed by atoms with van der Waals surface area (Å²) in [6, 6.07) is 0. The maximum atomic E-state index is 10.7. The predicted molar refractivity (Wildman–Crippen MR) is 45.1 cm³/mol. The number of hydrogen-bond acceptors (Lipinski definition) is 4. The van der Waals surface area contributed by atoms with E-state index in [1.54, 1.807) is 32.8 Å². The van der Waals surface area contributed by atoms with E-state index in [4.69, 9.17) is 0 Å². The van der Waals surface area contributed by atoms with Gasteiger partial charge < -0.3 is 0 Å². The van der Waals surface area contributed by atoms with E-state index in [-0.39, 0.29) is 0 Å². The summed E-state index contributed by atoms with van der Waals surface area (Å²) >= 11 is -4.88. The van der Waals surface area contributed by atoms with Crippen molar-refractivity contribution >= 4 is 8.53 Å². The topological polar surface area (TPSA) is 63.6 Å². The minimum absolute atomic E-state index is 0.479. The van der Waals surface area contributed by atoms with E-state index in [0.717, 1.165) is 0 Å². The van der Waals surface area contributed by atoms with Gasteiger partial charge in [0.05, 0.1) is 0 Å². The molecule has 0 unspecified atom stereocenters. The molecule has 0 saturated heterocycles. The summed E-state index contributed by atoms with van der Waals surface area (Å²) in [5.41, 5.74) is 0. The number of hydrogen-bond donors (Lipinski definition) is 0. The van der Waals surface area contributed by atoms with Crippen LogP contribution in [0.3, 0.4) is 0 Å². The van der Waals surface area contributed by atoms with Gasteiger partial charge in [-0.15, -0.1) is 0 Å². The molecule has 0 bridgehead atoms. The molecule has 0 heterocycles. The molecule has 0 aromatic heterocycles. The monoisotopic (exact) mass is 350 g/mol. The molecule has 0 spiro atoms. The van der Waals surface area contributed by atoms with Gasteiger partial charge >= 0.3 is 74.8 Å². The Morgan fingerprint density at radius 1 is 1.23 bits per heavy atom. The predicted octanol–water partition coefficient (Wildman–Crippen LogP) is 1.45. The van der Waals surface area contributed by atoms with Crippen LogP contribution in [0.25, 0.3) is 0 Å². The second kappa shape index (κ2) is 3.01. The Hall–Kier alpha value is -1.07. The van der Waals surface area contributed by atoms with Crippen LogP contribution in [-0.4, -0.2) is 8.53 Å². The number of nitrogens with zero attached hydrogens (tertiary/aromatic N) is 1. The van der Waals surface area contributed by atoms with Gasteiger partial charge in [-0.2, -0.15) is 0 Å². The SMILES string of the molecule is [CH3][W](=[C]=O)(=[C]=O)([N]=O)[CH]1C=CC=C1. The van der Waals surface area contributed by atoms with Crippen molar-refractivity contribution in [1.82, 2.24) is 0 Å². The minimum atomic E-state index is -4.88. The first kappa shape index (κ1) is 10.0. The molecule has 0 amide bonds. The summed E-state index contributed by atoms with van der Waals surface area (Å²) in [6.07, 6.45) is 6.62. The fourth-order valence-corrected chi connectivity index (χ4v) is 5.92. The van der Waals surface area contributed by atoms with Crippen LogP contribution in [0.2, 0.25) is 9.62 Å². The van der Waals surface area contributed by atoms with E-state index in [1.807, 2.05) is 0 Å². The molecule has 0 aliphatic heterocycles. The standard InChI is InChI=1S/C5H5.2CO.CH3.NO.W/c1-2-4-5-3-1;2*1-2;;1-2;/h1-5H;;;1H3;;/q;;;;-1;+1. The summed E-state index contributed by atoms with van der Waals surface area (Å²) in [7, 11) is 0. The van der Waals surface area contributed by atoms with Crippen LogP contribution in [0.15, 0.2) is 28.0 Å². The average Bonchev–Trinajstić information content (AvgIpc) is 2.71. The van der Waals surface area contributed by atoms with Crippen molar-refractivity contribution in [2.75, 3.05) is 0 Å². The van der Waals surface area contributed by atoms with Gasteiger partial charge in [0.2, 0.25) is 0 Å². The molecule has 0 fully saturated rings. The molecule has 0 atom stereocenters. The van der Waals surface area contributed by atoms with Crippen molar-refractivity contribution in [3.63, 3.8) is 0 Å². The molecule has 0 N–H and O–H groups in total. The van der Waals surface area contributed by atoms with Gasteiger partial charge in [0.25, 0.3) is 0 Å². The van der Waals surface area contributed by atoms with Gasteiger partial charge in [0.15, 0.2) is 0 Å². The van der Waals surface area contributed by atoms with Gasteiger partial charge in [-0.05, 0) is 0 Å². The van der Waals surface area contributed by atoms with Crippen LogP contribution in [-0.2, 0) is 23.7 Å². The summed E-state index contributed by atoms with van der Waals surface area (Å²) < 4.78 is 5.47. The van der Waals surface area contributed by atoms with Crippen molar-refractivity contribution in [2.24, 2.45) is 3.74 Å². The van der Waals surface area contributed by atoms with E-state index in [0.29, 0.717) is 0 Å². The quantitative estimate of drug-likeness (QED) is 0.709. The number of carbonyl (C=O) groups excluding carboxylic acids is 2.